The number of hydrogen-bond donors (Lipinski definition) is 1. The van der Waals surface area contributed by atoms with Gasteiger partial charge in [-0.2, -0.15) is 5.10 Å². The summed E-state index contributed by atoms with van der Waals surface area (Å²) < 4.78 is 14.4. The minimum Gasteiger partial charge on any atom is -0.376 e. The number of nitrogens with zero attached hydrogens (tertiary/aromatic N) is 2. The Bertz CT molecular complexity index is 753. The van der Waals surface area contributed by atoms with Crippen molar-refractivity contribution in [2.45, 2.75) is 38.2 Å². The Morgan fingerprint density at radius 3 is 2.92 bits per heavy atom. The lowest BCUT2D eigenvalue weighted by molar-refractivity contribution is -0.00120. The lowest BCUT2D eigenvalue weighted by Gasteiger charge is -2.24. The molecule has 1 saturated heterocycles. The standard InChI is InChI=1S/C18H20BrN3O3/c19-13-5-3-12(4-6-13)17-10-22-14(11-25-17)8-16(21-22)18(23)20-9-15-2-1-7-24-15/h3-6,8,15,17H,1-2,7,9-11H2,(H,20,23). The largest absolute Gasteiger partial charge is 0.376 e. The highest BCUT2D eigenvalue weighted by Gasteiger charge is 2.24. The van der Waals surface area contributed by atoms with Gasteiger partial charge in [-0.1, -0.05) is 28.1 Å². The first-order chi connectivity index (χ1) is 12.2. The van der Waals surface area contributed by atoms with Gasteiger partial charge in [-0.3, -0.25) is 9.48 Å². The van der Waals surface area contributed by atoms with Crippen LogP contribution in [0.2, 0.25) is 0 Å². The van der Waals surface area contributed by atoms with Crippen molar-refractivity contribution < 1.29 is 14.3 Å². The summed E-state index contributed by atoms with van der Waals surface area (Å²) in [4.78, 5) is 12.3. The third-order valence-electron chi connectivity index (χ3n) is 4.62. The molecule has 2 unspecified atom stereocenters. The highest BCUT2D eigenvalue weighted by molar-refractivity contribution is 9.10. The number of hydrogen-bond acceptors (Lipinski definition) is 4. The average Bonchev–Trinajstić information content (AvgIpc) is 3.29. The van der Waals surface area contributed by atoms with Crippen LogP contribution in [0.1, 0.15) is 40.7 Å². The molecule has 0 bridgehead atoms. The topological polar surface area (TPSA) is 65.4 Å². The zero-order valence-corrected chi connectivity index (χ0v) is 15.4. The smallest absolute Gasteiger partial charge is 0.271 e. The van der Waals surface area contributed by atoms with Crippen molar-refractivity contribution in [1.29, 1.82) is 0 Å². The highest BCUT2D eigenvalue weighted by atomic mass is 79.9. The minimum absolute atomic E-state index is 0.0525. The summed E-state index contributed by atoms with van der Waals surface area (Å²) in [5.41, 5.74) is 2.47. The first kappa shape index (κ1) is 16.8. The Morgan fingerprint density at radius 2 is 2.16 bits per heavy atom. The van der Waals surface area contributed by atoms with Gasteiger partial charge in [0.25, 0.3) is 5.91 Å². The van der Waals surface area contributed by atoms with E-state index in [1.807, 2.05) is 35.0 Å². The fraction of sp³-hybridized carbons (Fsp3) is 0.444. The van der Waals surface area contributed by atoms with Gasteiger partial charge in [-0.25, -0.2) is 0 Å². The van der Waals surface area contributed by atoms with E-state index in [0.717, 1.165) is 35.2 Å². The molecule has 2 aliphatic rings. The van der Waals surface area contributed by atoms with E-state index >= 15 is 0 Å². The molecule has 1 aromatic carbocycles. The van der Waals surface area contributed by atoms with Crippen LogP contribution in [0, 0.1) is 0 Å². The summed E-state index contributed by atoms with van der Waals surface area (Å²) in [6.45, 7) is 2.38. The summed E-state index contributed by atoms with van der Waals surface area (Å²) >= 11 is 3.44. The molecule has 0 spiro atoms. The number of fused-ring (bicyclic) bond motifs is 1. The summed E-state index contributed by atoms with van der Waals surface area (Å²) in [6, 6.07) is 9.89. The third-order valence-corrected chi connectivity index (χ3v) is 5.15. The zero-order chi connectivity index (χ0) is 17.2. The van der Waals surface area contributed by atoms with Crippen LogP contribution in [0.25, 0.3) is 0 Å². The molecule has 132 valence electrons. The normalized spacial score (nSPS) is 22.6. The number of carbonyl (C=O) groups excluding carboxylic acids is 1. The second-order valence-corrected chi connectivity index (χ2v) is 7.31. The predicted molar refractivity (Wildman–Crippen MR) is 95.2 cm³/mol. The van der Waals surface area contributed by atoms with Crippen LogP contribution in [0.5, 0.6) is 0 Å². The van der Waals surface area contributed by atoms with Gasteiger partial charge in [-0.05, 0) is 36.6 Å². The monoisotopic (exact) mass is 405 g/mol. The van der Waals surface area contributed by atoms with E-state index in [4.69, 9.17) is 9.47 Å². The van der Waals surface area contributed by atoms with Crippen LogP contribution < -0.4 is 5.32 Å². The molecule has 0 radical (unpaired) electrons. The molecule has 3 heterocycles. The Labute approximate surface area is 154 Å². The van der Waals surface area contributed by atoms with Crippen LogP contribution in [0.3, 0.4) is 0 Å². The molecule has 1 amide bonds. The lowest BCUT2D eigenvalue weighted by Crippen LogP contribution is -2.32. The SMILES string of the molecule is O=C(NCC1CCCO1)c1cc2n(n1)CC(c1ccc(Br)cc1)OC2. The molecule has 4 rings (SSSR count). The van der Waals surface area contributed by atoms with E-state index in [1.54, 1.807) is 0 Å². The molecule has 1 N–H and O–H groups in total. The summed E-state index contributed by atoms with van der Waals surface area (Å²) in [5, 5.41) is 7.38. The zero-order valence-electron chi connectivity index (χ0n) is 13.8. The molecule has 1 fully saturated rings. The molecule has 2 aromatic rings. The fourth-order valence-electron chi connectivity index (χ4n) is 3.22. The van der Waals surface area contributed by atoms with Crippen LogP contribution >= 0.6 is 15.9 Å². The maximum Gasteiger partial charge on any atom is 0.271 e. The molecule has 2 aliphatic heterocycles. The number of carbonyl (C=O) groups is 1. The van der Waals surface area contributed by atoms with E-state index in [2.05, 4.69) is 26.3 Å². The predicted octanol–water partition coefficient (Wildman–Crippen LogP) is 2.83. The Morgan fingerprint density at radius 1 is 1.32 bits per heavy atom. The summed E-state index contributed by atoms with van der Waals surface area (Å²) in [6.07, 6.45) is 2.14. The highest BCUT2D eigenvalue weighted by Crippen LogP contribution is 2.27. The van der Waals surface area contributed by atoms with Crippen molar-refractivity contribution >= 4 is 21.8 Å². The van der Waals surface area contributed by atoms with E-state index in [9.17, 15) is 4.79 Å². The van der Waals surface area contributed by atoms with Crippen molar-refractivity contribution in [3.05, 3.63) is 51.8 Å². The molecular weight excluding hydrogens is 386 g/mol. The van der Waals surface area contributed by atoms with Gasteiger partial charge in [0.05, 0.1) is 24.9 Å². The van der Waals surface area contributed by atoms with Gasteiger partial charge in [0.1, 0.15) is 6.10 Å². The van der Waals surface area contributed by atoms with Crippen LogP contribution in [-0.4, -0.2) is 34.9 Å². The number of amides is 1. The van der Waals surface area contributed by atoms with Crippen molar-refractivity contribution in [2.75, 3.05) is 13.2 Å². The van der Waals surface area contributed by atoms with Crippen molar-refractivity contribution in [3.8, 4) is 0 Å². The van der Waals surface area contributed by atoms with Crippen LogP contribution in [0.15, 0.2) is 34.8 Å². The number of rotatable bonds is 4. The van der Waals surface area contributed by atoms with Crippen molar-refractivity contribution in [1.82, 2.24) is 15.1 Å². The van der Waals surface area contributed by atoms with Crippen LogP contribution in [-0.2, 0) is 22.6 Å². The molecule has 25 heavy (non-hydrogen) atoms. The molecule has 0 aliphatic carbocycles. The second kappa shape index (κ2) is 7.27. The van der Waals surface area contributed by atoms with E-state index < -0.39 is 0 Å². The van der Waals surface area contributed by atoms with Gasteiger partial charge in [0.2, 0.25) is 0 Å². The maximum absolute atomic E-state index is 12.3. The van der Waals surface area contributed by atoms with E-state index in [0.29, 0.717) is 25.4 Å². The molecule has 2 atom stereocenters. The van der Waals surface area contributed by atoms with E-state index in [1.165, 1.54) is 0 Å². The average molecular weight is 406 g/mol. The molecule has 6 nitrogen and oxygen atoms in total. The van der Waals surface area contributed by atoms with Crippen molar-refractivity contribution in [2.24, 2.45) is 0 Å². The Balaban J connectivity index is 1.41. The molecular formula is C18H20BrN3O3. The number of aromatic nitrogens is 2. The van der Waals surface area contributed by atoms with Gasteiger partial charge < -0.3 is 14.8 Å². The molecule has 1 aromatic heterocycles. The van der Waals surface area contributed by atoms with Gasteiger partial charge in [0, 0.05) is 17.6 Å². The first-order valence-corrected chi connectivity index (χ1v) is 9.32. The quantitative estimate of drug-likeness (QED) is 0.848. The summed E-state index contributed by atoms with van der Waals surface area (Å²) in [5.74, 6) is -0.155. The maximum atomic E-state index is 12.3. The van der Waals surface area contributed by atoms with Gasteiger partial charge in [-0.15, -0.1) is 0 Å². The van der Waals surface area contributed by atoms with Crippen LogP contribution in [0.4, 0.5) is 0 Å². The Kier molecular flexibility index (Phi) is 4.87. The van der Waals surface area contributed by atoms with Gasteiger partial charge >= 0.3 is 0 Å². The summed E-state index contributed by atoms with van der Waals surface area (Å²) in [7, 11) is 0. The molecule has 7 heteroatoms. The Hall–Kier alpha value is -1.70. The second-order valence-electron chi connectivity index (χ2n) is 6.40. The van der Waals surface area contributed by atoms with E-state index in [-0.39, 0.29) is 18.1 Å². The number of ether oxygens (including phenoxy) is 2. The number of halogens is 1. The van der Waals surface area contributed by atoms with Gasteiger partial charge in [0.15, 0.2) is 5.69 Å². The lowest BCUT2D eigenvalue weighted by atomic mass is 10.1. The number of benzene rings is 1. The fourth-order valence-corrected chi connectivity index (χ4v) is 3.48. The first-order valence-electron chi connectivity index (χ1n) is 8.52. The molecule has 0 saturated carbocycles. The third kappa shape index (κ3) is 3.78. The van der Waals surface area contributed by atoms with Crippen molar-refractivity contribution in [3.63, 3.8) is 0 Å². The number of nitrogens with one attached hydrogen (secondary N) is 1. The minimum atomic E-state index is -0.155.